The quantitative estimate of drug-likeness (QED) is 0.590. The Morgan fingerprint density at radius 1 is 1.23 bits per heavy atom. The fourth-order valence-electron chi connectivity index (χ4n) is 3.01. The van der Waals surface area contributed by atoms with E-state index in [2.05, 4.69) is 15.4 Å². The van der Waals surface area contributed by atoms with E-state index in [-0.39, 0.29) is 11.7 Å². The first-order valence-electron chi connectivity index (χ1n) is 9.92. The number of likely N-dealkylation sites (N-methyl/N-ethyl adjacent to an activating group) is 1. The largest absolute Gasteiger partial charge is 0.491 e. The van der Waals surface area contributed by atoms with Gasteiger partial charge in [-0.2, -0.15) is 0 Å². The van der Waals surface area contributed by atoms with Crippen LogP contribution in [0.25, 0.3) is 5.69 Å². The summed E-state index contributed by atoms with van der Waals surface area (Å²) in [6.45, 7) is 1.32. The Morgan fingerprint density at radius 2 is 2.00 bits per heavy atom. The highest BCUT2D eigenvalue weighted by molar-refractivity contribution is 6.32. The van der Waals surface area contributed by atoms with Crippen molar-refractivity contribution in [1.82, 2.24) is 19.7 Å². The lowest BCUT2D eigenvalue weighted by molar-refractivity contribution is 0.101. The van der Waals surface area contributed by atoms with Crippen LogP contribution >= 0.6 is 11.6 Å². The number of ether oxygens (including phenoxy) is 1. The Hall–Kier alpha value is -2.90. The Morgan fingerprint density at radius 3 is 2.67 bits per heavy atom. The van der Waals surface area contributed by atoms with Gasteiger partial charge in [0.2, 0.25) is 5.82 Å². The lowest BCUT2D eigenvalue weighted by Crippen LogP contribution is -2.19. The van der Waals surface area contributed by atoms with Gasteiger partial charge in [-0.05, 0) is 57.3 Å². The van der Waals surface area contributed by atoms with Crippen molar-refractivity contribution in [1.29, 1.82) is 0 Å². The van der Waals surface area contributed by atoms with Crippen LogP contribution in [-0.2, 0) is 0 Å². The third-order valence-electron chi connectivity index (χ3n) is 4.76. The average Bonchev–Trinajstić information content (AvgIpc) is 3.48. The van der Waals surface area contributed by atoms with Gasteiger partial charge in [0.05, 0.1) is 10.7 Å². The van der Waals surface area contributed by atoms with Crippen molar-refractivity contribution < 1.29 is 9.53 Å². The Labute approximate surface area is 180 Å². The van der Waals surface area contributed by atoms with Crippen LogP contribution in [-0.4, -0.2) is 52.8 Å². The molecule has 0 bridgehead atoms. The summed E-state index contributed by atoms with van der Waals surface area (Å²) in [4.78, 5) is 19.3. The molecule has 0 saturated heterocycles. The van der Waals surface area contributed by atoms with Crippen molar-refractivity contribution in [2.75, 3.05) is 32.6 Å². The second-order valence-corrected chi connectivity index (χ2v) is 7.97. The summed E-state index contributed by atoms with van der Waals surface area (Å²) in [5.74, 6) is 1.53. The fourth-order valence-corrected chi connectivity index (χ4v) is 3.24. The summed E-state index contributed by atoms with van der Waals surface area (Å²) >= 11 is 6.31. The van der Waals surface area contributed by atoms with E-state index in [4.69, 9.17) is 16.3 Å². The van der Waals surface area contributed by atoms with E-state index in [0.29, 0.717) is 29.0 Å². The number of rotatable bonds is 8. The molecule has 1 aliphatic carbocycles. The van der Waals surface area contributed by atoms with Gasteiger partial charge in [-0.3, -0.25) is 4.79 Å². The number of aromatic nitrogens is 3. The van der Waals surface area contributed by atoms with Gasteiger partial charge in [-0.15, -0.1) is 5.10 Å². The van der Waals surface area contributed by atoms with Gasteiger partial charge < -0.3 is 15.0 Å². The third-order valence-corrected chi connectivity index (χ3v) is 5.06. The van der Waals surface area contributed by atoms with Crippen LogP contribution in [0.15, 0.2) is 48.5 Å². The highest BCUT2D eigenvalue weighted by atomic mass is 35.5. The molecule has 2 aromatic carbocycles. The minimum absolute atomic E-state index is 0.142. The van der Waals surface area contributed by atoms with Crippen molar-refractivity contribution in [2.24, 2.45) is 0 Å². The predicted octanol–water partition coefficient (Wildman–Crippen LogP) is 3.99. The van der Waals surface area contributed by atoms with E-state index in [9.17, 15) is 4.79 Å². The molecule has 7 nitrogen and oxygen atoms in total. The van der Waals surface area contributed by atoms with Gasteiger partial charge in [0.15, 0.2) is 0 Å². The fraction of sp³-hybridized carbons (Fsp3) is 0.318. The second kappa shape index (κ2) is 8.85. The minimum Gasteiger partial charge on any atom is -0.491 e. The zero-order chi connectivity index (χ0) is 21.1. The molecule has 0 atom stereocenters. The first-order chi connectivity index (χ1) is 14.5. The van der Waals surface area contributed by atoms with E-state index < -0.39 is 0 Å². The van der Waals surface area contributed by atoms with Gasteiger partial charge >= 0.3 is 0 Å². The molecule has 1 amide bonds. The molecule has 1 heterocycles. The molecular weight excluding hydrogens is 402 g/mol. The monoisotopic (exact) mass is 425 g/mol. The normalized spacial score (nSPS) is 13.5. The molecule has 1 aliphatic rings. The van der Waals surface area contributed by atoms with Crippen molar-refractivity contribution in [2.45, 2.75) is 18.8 Å². The molecule has 0 aliphatic heterocycles. The number of para-hydroxylation sites is 1. The van der Waals surface area contributed by atoms with Crippen molar-refractivity contribution >= 4 is 23.2 Å². The molecule has 156 valence electrons. The summed E-state index contributed by atoms with van der Waals surface area (Å²) in [6, 6.07) is 14.9. The summed E-state index contributed by atoms with van der Waals surface area (Å²) < 4.78 is 7.44. The number of nitrogens with zero attached hydrogens (tertiary/aromatic N) is 4. The van der Waals surface area contributed by atoms with Gasteiger partial charge in [0, 0.05) is 18.2 Å². The third kappa shape index (κ3) is 4.80. The molecule has 4 rings (SSSR count). The molecule has 0 spiro atoms. The number of amides is 1. The van der Waals surface area contributed by atoms with Crippen molar-refractivity contribution in [3.8, 4) is 11.4 Å². The van der Waals surface area contributed by atoms with Crippen molar-refractivity contribution in [3.05, 3.63) is 65.2 Å². The predicted molar refractivity (Wildman–Crippen MR) is 117 cm³/mol. The molecule has 1 saturated carbocycles. The Bertz CT molecular complexity index is 1030. The molecule has 0 radical (unpaired) electrons. The van der Waals surface area contributed by atoms with Crippen molar-refractivity contribution in [3.63, 3.8) is 0 Å². The van der Waals surface area contributed by atoms with E-state index in [1.165, 1.54) is 0 Å². The van der Waals surface area contributed by atoms with Crippen LogP contribution in [0.2, 0.25) is 5.02 Å². The Balaban J connectivity index is 1.48. The molecule has 3 aromatic rings. The minimum atomic E-state index is -0.371. The summed E-state index contributed by atoms with van der Waals surface area (Å²) in [6.07, 6.45) is 2.13. The topological polar surface area (TPSA) is 72.3 Å². The van der Waals surface area contributed by atoms with Gasteiger partial charge in [-0.25, -0.2) is 9.67 Å². The maximum Gasteiger partial charge on any atom is 0.295 e. The lowest BCUT2D eigenvalue weighted by atomic mass is 10.3. The second-order valence-electron chi connectivity index (χ2n) is 7.57. The number of nitrogens with one attached hydrogen (secondary N) is 1. The highest BCUT2D eigenvalue weighted by Crippen LogP contribution is 2.39. The number of anilines is 1. The van der Waals surface area contributed by atoms with Gasteiger partial charge in [0.25, 0.3) is 5.91 Å². The molecular formula is C22H24ClN5O2. The first-order valence-corrected chi connectivity index (χ1v) is 10.3. The average molecular weight is 426 g/mol. The van der Waals surface area contributed by atoms with E-state index >= 15 is 0 Å². The smallest absolute Gasteiger partial charge is 0.295 e. The zero-order valence-corrected chi connectivity index (χ0v) is 17.8. The first kappa shape index (κ1) is 20.4. The summed E-state index contributed by atoms with van der Waals surface area (Å²) in [5.41, 5.74) is 1.46. The van der Waals surface area contributed by atoms with Crippen LogP contribution in [0.1, 0.15) is 35.2 Å². The summed E-state index contributed by atoms with van der Waals surface area (Å²) in [5, 5.41) is 7.73. The maximum absolute atomic E-state index is 12.8. The number of benzene rings is 2. The number of hydrogen-bond donors (Lipinski definition) is 1. The number of hydrogen-bond acceptors (Lipinski definition) is 5. The molecule has 0 unspecified atom stereocenters. The van der Waals surface area contributed by atoms with E-state index in [1.54, 1.807) is 22.9 Å². The lowest BCUT2D eigenvalue weighted by Gasteiger charge is -2.12. The summed E-state index contributed by atoms with van der Waals surface area (Å²) in [7, 11) is 3.96. The molecule has 1 N–H and O–H groups in total. The van der Waals surface area contributed by atoms with E-state index in [1.807, 2.05) is 49.3 Å². The Kier molecular flexibility index (Phi) is 6.01. The van der Waals surface area contributed by atoms with Crippen LogP contribution < -0.4 is 10.1 Å². The highest BCUT2D eigenvalue weighted by Gasteiger charge is 2.31. The van der Waals surface area contributed by atoms with Crippen LogP contribution in [0.4, 0.5) is 5.69 Å². The molecule has 30 heavy (non-hydrogen) atoms. The van der Waals surface area contributed by atoms with Gasteiger partial charge in [0.1, 0.15) is 18.2 Å². The maximum atomic E-state index is 12.8. The van der Waals surface area contributed by atoms with Crippen LogP contribution in [0, 0.1) is 0 Å². The number of halogens is 1. The molecule has 1 aromatic heterocycles. The molecule has 8 heteroatoms. The standard InChI is InChI=1S/C22H24ClN5O2/c1-27(2)12-13-30-19-11-10-16(14-18(19)23)24-22(29)20-25-21(15-8-9-15)28(26-20)17-6-4-3-5-7-17/h3-7,10-11,14-15H,8-9,12-13H2,1-2H3,(H,24,29). The zero-order valence-electron chi connectivity index (χ0n) is 17.0. The number of carbonyl (C=O) groups is 1. The van der Waals surface area contributed by atoms with E-state index in [0.717, 1.165) is 30.9 Å². The van der Waals surface area contributed by atoms with Crippen LogP contribution in [0.3, 0.4) is 0 Å². The van der Waals surface area contributed by atoms with Gasteiger partial charge in [-0.1, -0.05) is 29.8 Å². The van der Waals surface area contributed by atoms with Crippen LogP contribution in [0.5, 0.6) is 5.75 Å². The number of carbonyl (C=O) groups excluding carboxylic acids is 1. The SMILES string of the molecule is CN(C)CCOc1ccc(NC(=O)c2nc(C3CC3)n(-c3ccccc3)n2)cc1Cl. The molecule has 1 fully saturated rings.